The first-order valence-corrected chi connectivity index (χ1v) is 5.07. The molecule has 1 rings (SSSR count). The van der Waals surface area contributed by atoms with Crippen LogP contribution in [0.25, 0.3) is 0 Å². The van der Waals surface area contributed by atoms with Crippen LogP contribution in [0.15, 0.2) is 11.6 Å². The van der Waals surface area contributed by atoms with Crippen molar-refractivity contribution in [2.45, 2.75) is 58.0 Å². The van der Waals surface area contributed by atoms with Crippen molar-refractivity contribution in [3.05, 3.63) is 11.6 Å². The Morgan fingerprint density at radius 2 is 2.00 bits per heavy atom. The molecule has 0 atom stereocenters. The normalized spacial score (nSPS) is 23.1. The molecular formula is C11H20O. The van der Waals surface area contributed by atoms with Crippen LogP contribution in [-0.4, -0.2) is 10.7 Å². The van der Waals surface area contributed by atoms with Crippen molar-refractivity contribution in [2.24, 2.45) is 0 Å². The number of hydrogen-bond donors (Lipinski definition) is 1. The second-order valence-corrected chi connectivity index (χ2v) is 4.05. The predicted octanol–water partition coefficient (Wildman–Crippen LogP) is 3.04. The van der Waals surface area contributed by atoms with Crippen LogP contribution in [0.2, 0.25) is 0 Å². The van der Waals surface area contributed by atoms with Crippen LogP contribution in [0.4, 0.5) is 0 Å². The molecule has 0 spiro atoms. The van der Waals surface area contributed by atoms with Gasteiger partial charge >= 0.3 is 0 Å². The van der Waals surface area contributed by atoms with Gasteiger partial charge in [-0.15, -0.1) is 0 Å². The molecule has 1 nitrogen and oxygen atoms in total. The third kappa shape index (κ3) is 2.63. The lowest BCUT2D eigenvalue weighted by Crippen LogP contribution is -2.20. The minimum absolute atomic E-state index is 0.445. The maximum atomic E-state index is 10.0. The molecular weight excluding hydrogens is 148 g/mol. The first-order valence-electron chi connectivity index (χ1n) is 5.07. The topological polar surface area (TPSA) is 20.2 Å². The fourth-order valence-corrected chi connectivity index (χ4v) is 2.06. The van der Waals surface area contributed by atoms with Crippen LogP contribution < -0.4 is 0 Å². The zero-order valence-corrected chi connectivity index (χ0v) is 8.27. The molecule has 0 radical (unpaired) electrons. The van der Waals surface area contributed by atoms with Crippen molar-refractivity contribution in [2.75, 3.05) is 0 Å². The van der Waals surface area contributed by atoms with Gasteiger partial charge < -0.3 is 5.11 Å². The average Bonchev–Trinajstić information content (AvgIpc) is 2.36. The molecule has 1 heteroatoms. The Kier molecular flexibility index (Phi) is 3.33. The van der Waals surface area contributed by atoms with Gasteiger partial charge in [-0.2, -0.15) is 0 Å². The lowest BCUT2D eigenvalue weighted by Gasteiger charge is -2.18. The summed E-state index contributed by atoms with van der Waals surface area (Å²) in [5.41, 5.74) is 0.904. The summed E-state index contributed by atoms with van der Waals surface area (Å²) in [6.07, 6.45) is 8.70. The second-order valence-electron chi connectivity index (χ2n) is 4.05. The van der Waals surface area contributed by atoms with Gasteiger partial charge in [-0.3, -0.25) is 0 Å². The maximum absolute atomic E-state index is 10.0. The Bertz CT molecular complexity index is 164. The van der Waals surface area contributed by atoms with E-state index in [0.29, 0.717) is 0 Å². The van der Waals surface area contributed by atoms with E-state index in [4.69, 9.17) is 0 Å². The van der Waals surface area contributed by atoms with Crippen LogP contribution in [0.5, 0.6) is 0 Å². The number of allylic oxidation sites excluding steroid dienone is 1. The number of aliphatic hydroxyl groups is 1. The minimum Gasteiger partial charge on any atom is -0.386 e. The monoisotopic (exact) mass is 168 g/mol. The molecule has 1 aliphatic rings. The Balaban J connectivity index is 2.51. The zero-order valence-electron chi connectivity index (χ0n) is 8.27. The van der Waals surface area contributed by atoms with E-state index in [1.807, 2.05) is 0 Å². The summed E-state index contributed by atoms with van der Waals surface area (Å²) in [6.45, 7) is 4.30. The summed E-state index contributed by atoms with van der Waals surface area (Å²) in [5.74, 6) is 0. The molecule has 1 fully saturated rings. The van der Waals surface area contributed by atoms with Gasteiger partial charge in [0, 0.05) is 0 Å². The van der Waals surface area contributed by atoms with E-state index >= 15 is 0 Å². The van der Waals surface area contributed by atoms with Crippen molar-refractivity contribution >= 4 is 0 Å². The summed E-state index contributed by atoms with van der Waals surface area (Å²) >= 11 is 0. The number of rotatable bonds is 3. The first-order chi connectivity index (χ1) is 5.66. The highest BCUT2D eigenvalue weighted by Crippen LogP contribution is 2.31. The van der Waals surface area contributed by atoms with Crippen molar-refractivity contribution in [1.29, 1.82) is 0 Å². The van der Waals surface area contributed by atoms with Crippen molar-refractivity contribution in [3.8, 4) is 0 Å². The smallest absolute Gasteiger partial charge is 0.0830 e. The Morgan fingerprint density at radius 3 is 2.50 bits per heavy atom. The van der Waals surface area contributed by atoms with Gasteiger partial charge in [0.05, 0.1) is 5.60 Å². The fraction of sp³-hybridized carbons (Fsp3) is 0.818. The summed E-state index contributed by atoms with van der Waals surface area (Å²) < 4.78 is 0. The van der Waals surface area contributed by atoms with Crippen LogP contribution >= 0.6 is 0 Å². The molecule has 0 aliphatic heterocycles. The van der Waals surface area contributed by atoms with Crippen LogP contribution in [0.3, 0.4) is 0 Å². The van der Waals surface area contributed by atoms with E-state index in [1.54, 1.807) is 0 Å². The molecule has 0 heterocycles. The van der Waals surface area contributed by atoms with Crippen LogP contribution in [-0.2, 0) is 0 Å². The molecule has 0 unspecified atom stereocenters. The summed E-state index contributed by atoms with van der Waals surface area (Å²) in [6, 6.07) is 0. The highest BCUT2D eigenvalue weighted by atomic mass is 16.3. The molecule has 1 N–H and O–H groups in total. The molecule has 0 saturated heterocycles. The van der Waals surface area contributed by atoms with Gasteiger partial charge in [-0.1, -0.05) is 37.8 Å². The van der Waals surface area contributed by atoms with Crippen LogP contribution in [0, 0.1) is 0 Å². The summed E-state index contributed by atoms with van der Waals surface area (Å²) in [7, 11) is 0. The quantitative estimate of drug-likeness (QED) is 0.642. The summed E-state index contributed by atoms with van der Waals surface area (Å²) in [5, 5.41) is 10.0. The standard InChI is InChI=1S/C11H20O/c1-3-6-10(2)9-11(12)7-4-5-8-11/h9,12H,3-8H2,1-2H3/b10-9+. The largest absolute Gasteiger partial charge is 0.386 e. The predicted molar refractivity (Wildman–Crippen MR) is 52.1 cm³/mol. The van der Waals surface area contributed by atoms with E-state index in [9.17, 15) is 5.11 Å². The second kappa shape index (κ2) is 4.08. The Morgan fingerprint density at radius 1 is 1.42 bits per heavy atom. The van der Waals surface area contributed by atoms with E-state index in [2.05, 4.69) is 19.9 Å². The van der Waals surface area contributed by atoms with Crippen molar-refractivity contribution in [3.63, 3.8) is 0 Å². The average molecular weight is 168 g/mol. The molecule has 12 heavy (non-hydrogen) atoms. The van der Waals surface area contributed by atoms with Gasteiger partial charge in [0.2, 0.25) is 0 Å². The lowest BCUT2D eigenvalue weighted by atomic mass is 9.98. The third-order valence-corrected chi connectivity index (χ3v) is 2.63. The molecule has 0 aromatic carbocycles. The first kappa shape index (κ1) is 9.79. The highest BCUT2D eigenvalue weighted by Gasteiger charge is 2.28. The molecule has 1 aliphatic carbocycles. The molecule has 0 bridgehead atoms. The SMILES string of the molecule is CCC/C(C)=C/C1(O)CCCC1. The van der Waals surface area contributed by atoms with E-state index in [0.717, 1.165) is 19.3 Å². The molecule has 1 saturated carbocycles. The zero-order chi connectivity index (χ0) is 9.03. The van der Waals surface area contributed by atoms with Gasteiger partial charge in [-0.25, -0.2) is 0 Å². The van der Waals surface area contributed by atoms with E-state index < -0.39 is 5.60 Å². The van der Waals surface area contributed by atoms with Crippen LogP contribution in [0.1, 0.15) is 52.4 Å². The third-order valence-electron chi connectivity index (χ3n) is 2.63. The molecule has 0 aromatic heterocycles. The maximum Gasteiger partial charge on any atom is 0.0830 e. The Hall–Kier alpha value is -0.300. The van der Waals surface area contributed by atoms with Crippen molar-refractivity contribution in [1.82, 2.24) is 0 Å². The van der Waals surface area contributed by atoms with E-state index in [1.165, 1.54) is 24.8 Å². The van der Waals surface area contributed by atoms with Gasteiger partial charge in [0.25, 0.3) is 0 Å². The number of hydrogen-bond acceptors (Lipinski definition) is 1. The fourth-order valence-electron chi connectivity index (χ4n) is 2.06. The van der Waals surface area contributed by atoms with Gasteiger partial charge in [-0.05, 0) is 26.2 Å². The Labute approximate surface area is 75.5 Å². The molecule has 70 valence electrons. The highest BCUT2D eigenvalue weighted by molar-refractivity contribution is 5.10. The lowest BCUT2D eigenvalue weighted by molar-refractivity contribution is 0.0982. The summed E-state index contributed by atoms with van der Waals surface area (Å²) in [4.78, 5) is 0. The molecule has 0 amide bonds. The molecule has 0 aromatic rings. The minimum atomic E-state index is -0.445. The van der Waals surface area contributed by atoms with Crippen molar-refractivity contribution < 1.29 is 5.11 Å². The van der Waals surface area contributed by atoms with Gasteiger partial charge in [0.15, 0.2) is 0 Å². The van der Waals surface area contributed by atoms with Gasteiger partial charge in [0.1, 0.15) is 0 Å². The van der Waals surface area contributed by atoms with E-state index in [-0.39, 0.29) is 0 Å².